The van der Waals surface area contributed by atoms with E-state index in [0.29, 0.717) is 13.0 Å². The second-order valence-corrected chi connectivity index (χ2v) is 5.90. The van der Waals surface area contributed by atoms with Crippen molar-refractivity contribution in [2.75, 3.05) is 39.9 Å². The predicted molar refractivity (Wildman–Crippen MR) is 78.5 cm³/mol. The molecule has 126 valence electrons. The van der Waals surface area contributed by atoms with E-state index in [2.05, 4.69) is 22.0 Å². The Morgan fingerprint density at radius 2 is 1.76 bits per heavy atom. The van der Waals surface area contributed by atoms with Crippen LogP contribution in [-0.4, -0.2) is 57.0 Å². The summed E-state index contributed by atoms with van der Waals surface area (Å²) < 4.78 is 40.0. The van der Waals surface area contributed by atoms with Gasteiger partial charge in [-0.15, -0.1) is 0 Å². The Morgan fingerprint density at radius 3 is 2.43 bits per heavy atom. The van der Waals surface area contributed by atoms with E-state index in [1.807, 2.05) is 0 Å². The molecular formula is C15H29F3N2O. The van der Waals surface area contributed by atoms with Crippen LogP contribution < -0.4 is 5.32 Å². The zero-order valence-corrected chi connectivity index (χ0v) is 13.1. The second-order valence-electron chi connectivity index (χ2n) is 5.90. The van der Waals surface area contributed by atoms with E-state index in [1.165, 1.54) is 32.1 Å². The zero-order chi connectivity index (χ0) is 15.6. The molecule has 0 bridgehead atoms. The van der Waals surface area contributed by atoms with Crippen molar-refractivity contribution in [1.29, 1.82) is 0 Å². The Bertz CT molecular complexity index is 256. The molecule has 21 heavy (non-hydrogen) atoms. The minimum absolute atomic E-state index is 0.161. The normalized spacial score (nSPS) is 17.6. The molecule has 1 N–H and O–H groups in total. The summed E-state index contributed by atoms with van der Waals surface area (Å²) in [5, 5.41) is 3.25. The van der Waals surface area contributed by atoms with Gasteiger partial charge in [0.2, 0.25) is 0 Å². The maximum absolute atomic E-state index is 11.8. The molecule has 1 saturated carbocycles. The number of hydrogen-bond acceptors (Lipinski definition) is 3. The Hall–Kier alpha value is -0.330. The number of nitrogens with zero attached hydrogens (tertiary/aromatic N) is 1. The van der Waals surface area contributed by atoms with Crippen molar-refractivity contribution >= 4 is 0 Å². The average Bonchev–Trinajstić information content (AvgIpc) is 2.45. The molecule has 6 heteroatoms. The molecule has 1 fully saturated rings. The summed E-state index contributed by atoms with van der Waals surface area (Å²) >= 11 is 0. The lowest BCUT2D eigenvalue weighted by molar-refractivity contribution is -0.173. The molecule has 0 unspecified atom stereocenters. The van der Waals surface area contributed by atoms with Crippen LogP contribution in [0.15, 0.2) is 0 Å². The highest BCUT2D eigenvalue weighted by molar-refractivity contribution is 4.73. The van der Waals surface area contributed by atoms with E-state index in [-0.39, 0.29) is 6.61 Å². The summed E-state index contributed by atoms with van der Waals surface area (Å²) in [7, 11) is 2.20. The fourth-order valence-corrected chi connectivity index (χ4v) is 2.77. The zero-order valence-electron chi connectivity index (χ0n) is 13.1. The van der Waals surface area contributed by atoms with Gasteiger partial charge in [-0.05, 0) is 52.4 Å². The Morgan fingerprint density at radius 1 is 1.10 bits per heavy atom. The maximum atomic E-state index is 11.8. The van der Waals surface area contributed by atoms with Gasteiger partial charge in [-0.25, -0.2) is 0 Å². The topological polar surface area (TPSA) is 24.5 Å². The first-order valence-electron chi connectivity index (χ1n) is 8.04. The first-order chi connectivity index (χ1) is 9.99. The quantitative estimate of drug-likeness (QED) is 0.627. The van der Waals surface area contributed by atoms with Crippen LogP contribution in [0.2, 0.25) is 0 Å². The standard InChI is InChI=1S/C15H29F3N2O/c1-20(14-7-3-2-4-8-14)11-5-9-19-10-6-12-21-13-15(16,17)18/h14,19H,2-13H2,1H3. The Balaban J connectivity index is 1.86. The lowest BCUT2D eigenvalue weighted by Gasteiger charge is -2.31. The summed E-state index contributed by atoms with van der Waals surface area (Å²) in [6.45, 7) is 1.73. The van der Waals surface area contributed by atoms with Crippen molar-refractivity contribution in [2.24, 2.45) is 0 Å². The van der Waals surface area contributed by atoms with Gasteiger partial charge in [0.15, 0.2) is 0 Å². The molecule has 0 heterocycles. The maximum Gasteiger partial charge on any atom is 0.411 e. The van der Waals surface area contributed by atoms with Crippen molar-refractivity contribution in [2.45, 2.75) is 57.2 Å². The van der Waals surface area contributed by atoms with Crippen LogP contribution in [0.3, 0.4) is 0 Å². The molecule has 0 aromatic carbocycles. The van der Waals surface area contributed by atoms with Gasteiger partial charge in [0, 0.05) is 12.6 Å². The first kappa shape index (κ1) is 18.7. The molecule has 0 radical (unpaired) electrons. The van der Waals surface area contributed by atoms with Gasteiger partial charge in [0.05, 0.1) is 0 Å². The van der Waals surface area contributed by atoms with E-state index in [0.717, 1.165) is 25.6 Å². The third kappa shape index (κ3) is 10.1. The average molecular weight is 310 g/mol. The van der Waals surface area contributed by atoms with E-state index >= 15 is 0 Å². The predicted octanol–water partition coefficient (Wildman–Crippen LogP) is 3.20. The molecule has 0 spiro atoms. The van der Waals surface area contributed by atoms with E-state index in [4.69, 9.17) is 0 Å². The lowest BCUT2D eigenvalue weighted by atomic mass is 9.94. The monoisotopic (exact) mass is 310 g/mol. The van der Waals surface area contributed by atoms with Crippen LogP contribution in [-0.2, 0) is 4.74 Å². The van der Waals surface area contributed by atoms with Gasteiger partial charge in [-0.3, -0.25) is 0 Å². The molecule has 3 nitrogen and oxygen atoms in total. The molecule has 1 rings (SSSR count). The fraction of sp³-hybridized carbons (Fsp3) is 1.00. The van der Waals surface area contributed by atoms with Crippen molar-refractivity contribution in [3.8, 4) is 0 Å². The number of nitrogens with one attached hydrogen (secondary N) is 1. The van der Waals surface area contributed by atoms with Crippen molar-refractivity contribution in [3.05, 3.63) is 0 Å². The van der Waals surface area contributed by atoms with E-state index in [9.17, 15) is 13.2 Å². The first-order valence-corrected chi connectivity index (χ1v) is 8.04. The minimum Gasteiger partial charge on any atom is -0.372 e. The number of halogens is 3. The van der Waals surface area contributed by atoms with Gasteiger partial charge in [0.1, 0.15) is 6.61 Å². The summed E-state index contributed by atoms with van der Waals surface area (Å²) in [6, 6.07) is 0.745. The smallest absolute Gasteiger partial charge is 0.372 e. The highest BCUT2D eigenvalue weighted by Crippen LogP contribution is 2.21. The van der Waals surface area contributed by atoms with Crippen molar-refractivity contribution in [3.63, 3.8) is 0 Å². The van der Waals surface area contributed by atoms with Gasteiger partial charge < -0.3 is 15.0 Å². The van der Waals surface area contributed by atoms with Crippen LogP contribution in [0, 0.1) is 0 Å². The number of rotatable bonds is 10. The Kier molecular flexibility index (Phi) is 9.27. The molecular weight excluding hydrogens is 281 g/mol. The fourth-order valence-electron chi connectivity index (χ4n) is 2.77. The van der Waals surface area contributed by atoms with Crippen LogP contribution in [0.4, 0.5) is 13.2 Å². The summed E-state index contributed by atoms with van der Waals surface area (Å²) in [5.74, 6) is 0. The number of ether oxygens (including phenoxy) is 1. The summed E-state index contributed by atoms with van der Waals surface area (Å²) in [5.41, 5.74) is 0. The number of hydrogen-bond donors (Lipinski definition) is 1. The molecule has 0 aromatic rings. The van der Waals surface area contributed by atoms with Crippen LogP contribution >= 0.6 is 0 Å². The van der Waals surface area contributed by atoms with Gasteiger partial charge in [-0.1, -0.05) is 19.3 Å². The molecule has 0 saturated heterocycles. The molecule has 0 amide bonds. The van der Waals surface area contributed by atoms with Gasteiger partial charge in [0.25, 0.3) is 0 Å². The highest BCUT2D eigenvalue weighted by atomic mass is 19.4. The third-order valence-corrected chi connectivity index (χ3v) is 3.97. The molecule has 0 aromatic heterocycles. The SMILES string of the molecule is CN(CCCNCCCOCC(F)(F)F)C1CCCCC1. The molecule has 1 aliphatic carbocycles. The van der Waals surface area contributed by atoms with Crippen LogP contribution in [0.25, 0.3) is 0 Å². The van der Waals surface area contributed by atoms with Crippen LogP contribution in [0.5, 0.6) is 0 Å². The van der Waals surface area contributed by atoms with Gasteiger partial charge >= 0.3 is 6.18 Å². The summed E-state index contributed by atoms with van der Waals surface area (Å²) in [6.07, 6.45) is 4.21. The lowest BCUT2D eigenvalue weighted by Crippen LogP contribution is -2.35. The van der Waals surface area contributed by atoms with Crippen molar-refractivity contribution < 1.29 is 17.9 Å². The third-order valence-electron chi connectivity index (χ3n) is 3.97. The largest absolute Gasteiger partial charge is 0.411 e. The minimum atomic E-state index is -4.21. The Labute approximate surface area is 126 Å². The molecule has 1 aliphatic rings. The second kappa shape index (κ2) is 10.4. The van der Waals surface area contributed by atoms with E-state index < -0.39 is 12.8 Å². The molecule has 0 atom stereocenters. The number of alkyl halides is 3. The highest BCUT2D eigenvalue weighted by Gasteiger charge is 2.27. The molecule has 0 aliphatic heterocycles. The van der Waals surface area contributed by atoms with Crippen molar-refractivity contribution in [1.82, 2.24) is 10.2 Å². The summed E-state index contributed by atoms with van der Waals surface area (Å²) in [4.78, 5) is 2.45. The van der Waals surface area contributed by atoms with E-state index in [1.54, 1.807) is 0 Å². The van der Waals surface area contributed by atoms with Crippen LogP contribution in [0.1, 0.15) is 44.9 Å². The van der Waals surface area contributed by atoms with Gasteiger partial charge in [-0.2, -0.15) is 13.2 Å².